The zero-order valence-corrected chi connectivity index (χ0v) is 9.52. The second kappa shape index (κ2) is 7.23. The van der Waals surface area contributed by atoms with E-state index in [4.69, 9.17) is 5.11 Å². The van der Waals surface area contributed by atoms with Gasteiger partial charge in [0.1, 0.15) is 6.04 Å². The molecule has 0 aromatic rings. The molecule has 0 aromatic heterocycles. The predicted molar refractivity (Wildman–Crippen MR) is 55.6 cm³/mol. The van der Waals surface area contributed by atoms with Gasteiger partial charge in [0.25, 0.3) is 0 Å². The van der Waals surface area contributed by atoms with Crippen LogP contribution in [0.15, 0.2) is 0 Å². The number of likely N-dealkylation sites (N-methyl/N-ethyl adjacent to an activating group) is 1. The molecule has 0 aliphatic carbocycles. The van der Waals surface area contributed by atoms with E-state index in [2.05, 4.69) is 4.74 Å². The number of aliphatic carboxylic acids is 1. The molecule has 0 fully saturated rings. The highest BCUT2D eigenvalue weighted by Crippen LogP contribution is 2.05. The molecule has 0 aliphatic rings. The third-order valence-corrected chi connectivity index (χ3v) is 2.35. The summed E-state index contributed by atoms with van der Waals surface area (Å²) in [6.45, 7) is 4.73. The molecule has 5 heteroatoms. The van der Waals surface area contributed by atoms with Gasteiger partial charge in [-0.3, -0.25) is 14.5 Å². The van der Waals surface area contributed by atoms with Crippen LogP contribution < -0.4 is 0 Å². The van der Waals surface area contributed by atoms with Crippen molar-refractivity contribution in [2.75, 3.05) is 20.2 Å². The highest BCUT2D eigenvalue weighted by atomic mass is 16.5. The third kappa shape index (κ3) is 4.78. The van der Waals surface area contributed by atoms with Gasteiger partial charge in [0.2, 0.25) is 0 Å². The molecule has 0 heterocycles. The van der Waals surface area contributed by atoms with Crippen LogP contribution in [0.25, 0.3) is 0 Å². The van der Waals surface area contributed by atoms with E-state index in [1.807, 2.05) is 13.8 Å². The van der Waals surface area contributed by atoms with Crippen LogP contribution in [0, 0.1) is 0 Å². The SMILES string of the molecule is CCC(C(=O)O)N(CC)CCC(=O)OC. The molecule has 0 rings (SSSR count). The zero-order chi connectivity index (χ0) is 11.8. The van der Waals surface area contributed by atoms with Gasteiger partial charge in [-0.15, -0.1) is 0 Å². The molecule has 0 spiro atoms. The lowest BCUT2D eigenvalue weighted by atomic mass is 10.2. The Bertz CT molecular complexity index is 217. The van der Waals surface area contributed by atoms with E-state index < -0.39 is 12.0 Å². The molecule has 0 aliphatic heterocycles. The van der Waals surface area contributed by atoms with Gasteiger partial charge in [0.05, 0.1) is 13.5 Å². The maximum absolute atomic E-state index is 10.9. The lowest BCUT2D eigenvalue weighted by Crippen LogP contribution is -2.41. The summed E-state index contributed by atoms with van der Waals surface area (Å²) in [4.78, 5) is 23.6. The average Bonchev–Trinajstić information content (AvgIpc) is 2.22. The van der Waals surface area contributed by atoms with Crippen LogP contribution in [0.5, 0.6) is 0 Å². The standard InChI is InChI=1S/C10H19NO4/c1-4-8(10(13)14)11(5-2)7-6-9(12)15-3/h8H,4-7H2,1-3H3,(H,13,14). The van der Waals surface area contributed by atoms with E-state index in [9.17, 15) is 9.59 Å². The maximum atomic E-state index is 10.9. The van der Waals surface area contributed by atoms with Crippen molar-refractivity contribution in [1.29, 1.82) is 0 Å². The van der Waals surface area contributed by atoms with Crippen molar-refractivity contribution < 1.29 is 19.4 Å². The van der Waals surface area contributed by atoms with Crippen LogP contribution >= 0.6 is 0 Å². The van der Waals surface area contributed by atoms with E-state index in [-0.39, 0.29) is 12.4 Å². The van der Waals surface area contributed by atoms with Gasteiger partial charge in [-0.2, -0.15) is 0 Å². The molecule has 0 amide bonds. The molecule has 0 radical (unpaired) electrons. The van der Waals surface area contributed by atoms with E-state index in [0.29, 0.717) is 19.5 Å². The van der Waals surface area contributed by atoms with Crippen molar-refractivity contribution in [1.82, 2.24) is 4.90 Å². The summed E-state index contributed by atoms with van der Waals surface area (Å²) < 4.78 is 4.51. The summed E-state index contributed by atoms with van der Waals surface area (Å²) in [5.74, 6) is -1.15. The molecule has 88 valence electrons. The quantitative estimate of drug-likeness (QED) is 0.637. The lowest BCUT2D eigenvalue weighted by Gasteiger charge is -2.25. The first-order valence-corrected chi connectivity index (χ1v) is 5.10. The van der Waals surface area contributed by atoms with Gasteiger partial charge >= 0.3 is 11.9 Å². The smallest absolute Gasteiger partial charge is 0.320 e. The summed E-state index contributed by atoms with van der Waals surface area (Å²) in [5.41, 5.74) is 0. The summed E-state index contributed by atoms with van der Waals surface area (Å²) in [6.07, 6.45) is 0.762. The lowest BCUT2D eigenvalue weighted by molar-refractivity contribution is -0.146. The Kier molecular flexibility index (Phi) is 6.70. The fraction of sp³-hybridized carbons (Fsp3) is 0.800. The summed E-state index contributed by atoms with van der Waals surface area (Å²) in [6, 6.07) is -0.514. The molecule has 15 heavy (non-hydrogen) atoms. The van der Waals surface area contributed by atoms with Gasteiger partial charge in [0.15, 0.2) is 0 Å². The number of nitrogens with zero attached hydrogens (tertiary/aromatic N) is 1. The predicted octanol–water partition coefficient (Wildman–Crippen LogP) is 0.735. The van der Waals surface area contributed by atoms with Crippen molar-refractivity contribution in [3.8, 4) is 0 Å². The van der Waals surface area contributed by atoms with E-state index >= 15 is 0 Å². The number of hydrogen-bond acceptors (Lipinski definition) is 4. The molecule has 0 aromatic carbocycles. The molecule has 0 saturated heterocycles. The number of ether oxygens (including phenoxy) is 1. The Morgan fingerprint density at radius 2 is 2.00 bits per heavy atom. The molecule has 0 saturated carbocycles. The first kappa shape index (κ1) is 13.9. The van der Waals surface area contributed by atoms with Crippen molar-refractivity contribution in [2.24, 2.45) is 0 Å². The summed E-state index contributed by atoms with van der Waals surface area (Å²) >= 11 is 0. The second-order valence-electron chi connectivity index (χ2n) is 3.22. The number of carboxylic acids is 1. The minimum absolute atomic E-state index is 0.230. The Hall–Kier alpha value is -1.10. The third-order valence-electron chi connectivity index (χ3n) is 2.35. The van der Waals surface area contributed by atoms with E-state index in [1.54, 1.807) is 4.90 Å². The first-order valence-electron chi connectivity index (χ1n) is 5.10. The van der Waals surface area contributed by atoms with Crippen LogP contribution in [-0.2, 0) is 14.3 Å². The zero-order valence-electron chi connectivity index (χ0n) is 9.52. The molecule has 5 nitrogen and oxygen atoms in total. The Balaban J connectivity index is 4.21. The molecule has 1 unspecified atom stereocenters. The Morgan fingerprint density at radius 3 is 2.33 bits per heavy atom. The molecular weight excluding hydrogens is 198 g/mol. The highest BCUT2D eigenvalue weighted by molar-refractivity contribution is 5.73. The molecule has 0 bridgehead atoms. The number of carbonyl (C=O) groups is 2. The summed E-state index contributed by atoms with van der Waals surface area (Å²) in [7, 11) is 1.33. The van der Waals surface area contributed by atoms with Crippen LogP contribution in [-0.4, -0.2) is 48.2 Å². The molecule has 1 N–H and O–H groups in total. The van der Waals surface area contributed by atoms with Crippen molar-refractivity contribution in [3.63, 3.8) is 0 Å². The average molecular weight is 217 g/mol. The second-order valence-corrected chi connectivity index (χ2v) is 3.22. The Morgan fingerprint density at radius 1 is 1.40 bits per heavy atom. The van der Waals surface area contributed by atoms with Crippen LogP contribution in [0.2, 0.25) is 0 Å². The van der Waals surface area contributed by atoms with E-state index in [0.717, 1.165) is 0 Å². The topological polar surface area (TPSA) is 66.8 Å². The fourth-order valence-electron chi connectivity index (χ4n) is 1.46. The van der Waals surface area contributed by atoms with Crippen molar-refractivity contribution in [3.05, 3.63) is 0 Å². The Labute approximate surface area is 90.0 Å². The normalized spacial score (nSPS) is 12.5. The van der Waals surface area contributed by atoms with Gasteiger partial charge in [-0.1, -0.05) is 13.8 Å². The maximum Gasteiger partial charge on any atom is 0.320 e. The van der Waals surface area contributed by atoms with Gasteiger partial charge in [-0.25, -0.2) is 0 Å². The van der Waals surface area contributed by atoms with Crippen LogP contribution in [0.1, 0.15) is 26.7 Å². The number of carboxylic acid groups (broad SMARTS) is 1. The van der Waals surface area contributed by atoms with Gasteiger partial charge < -0.3 is 9.84 Å². The fourth-order valence-corrected chi connectivity index (χ4v) is 1.46. The highest BCUT2D eigenvalue weighted by Gasteiger charge is 2.22. The molecule has 1 atom stereocenters. The minimum atomic E-state index is -0.843. The molecular formula is C10H19NO4. The van der Waals surface area contributed by atoms with Gasteiger partial charge in [0, 0.05) is 6.54 Å². The number of hydrogen-bond donors (Lipinski definition) is 1. The number of esters is 1. The number of methoxy groups -OCH3 is 1. The van der Waals surface area contributed by atoms with Crippen molar-refractivity contribution in [2.45, 2.75) is 32.7 Å². The largest absolute Gasteiger partial charge is 0.480 e. The van der Waals surface area contributed by atoms with Crippen LogP contribution in [0.4, 0.5) is 0 Å². The van der Waals surface area contributed by atoms with Gasteiger partial charge in [-0.05, 0) is 13.0 Å². The monoisotopic (exact) mass is 217 g/mol. The van der Waals surface area contributed by atoms with Crippen molar-refractivity contribution >= 4 is 11.9 Å². The number of carbonyl (C=O) groups excluding carboxylic acids is 1. The first-order chi connectivity index (χ1) is 7.06. The minimum Gasteiger partial charge on any atom is -0.480 e. The summed E-state index contributed by atoms with van der Waals surface area (Å²) in [5, 5.41) is 8.94. The van der Waals surface area contributed by atoms with Crippen LogP contribution in [0.3, 0.4) is 0 Å². The van der Waals surface area contributed by atoms with E-state index in [1.165, 1.54) is 7.11 Å². The number of rotatable bonds is 7.